The molecule has 0 aliphatic carbocycles. The molecule has 0 aliphatic rings. The molecule has 103 heavy (non-hydrogen) atoms. The van der Waals surface area contributed by atoms with E-state index < -0.39 is 118 Å². The minimum atomic E-state index is -4.25. The number of carbonyl (C=O) groups excluding carboxylic acids is 2. The zero-order valence-corrected chi connectivity index (χ0v) is 65.4. The molecule has 1 unspecified atom stereocenters. The zero-order valence-electron chi connectivity index (χ0n) is 52.6. The molecule has 0 spiro atoms. The van der Waals surface area contributed by atoms with E-state index in [9.17, 15) is 62.3 Å². The summed E-state index contributed by atoms with van der Waals surface area (Å²) < 4.78 is 158. The third-order valence-electron chi connectivity index (χ3n) is 13.1. The van der Waals surface area contributed by atoms with Gasteiger partial charge in [-0.2, -0.15) is 3.74 Å². The Hall–Kier alpha value is -6.09. The number of hydrogen-bond acceptors (Lipinski definition) is 16. The maximum absolute atomic E-state index is 14.4. The van der Waals surface area contributed by atoms with Gasteiger partial charge in [-0.05, 0) is 136 Å². The maximum atomic E-state index is 14.4. The monoisotopic (exact) mass is 1700 g/mol. The SMILES string of the molecule is COC(=O)c1ccc(-c2ccccc2)cc1CS(=O)(=O)c1cc(Cl)cc(Cl)c1F.COC(=O)c1ccc(-c2ccccc2)cc1N.Fc1ccc(Cl)cc1Cl.O=C(O)c1ccc(-c2ccccc2)cc1CS(=O)(=O)c1cc(Cl)cc(Cl)c1F.O=S(=O)(Cl)c1cc(Cl)cc(Cl)c1F.O=S([O-])OCl.[Na+].[OH-]. The van der Waals surface area contributed by atoms with E-state index in [-0.39, 0.29) is 82.4 Å². The summed E-state index contributed by atoms with van der Waals surface area (Å²) in [6, 6.07) is 52.8. The number of rotatable bonds is 14. The maximum Gasteiger partial charge on any atom is 1.00 e. The third kappa shape index (κ3) is 27.3. The predicted molar refractivity (Wildman–Crippen MR) is 388 cm³/mol. The van der Waals surface area contributed by atoms with Crippen LogP contribution in [0.15, 0.2) is 215 Å². The van der Waals surface area contributed by atoms with E-state index in [2.05, 4.69) is 20.3 Å². The molecular formula is C67H47Cl10F4NNaO16S4-. The summed E-state index contributed by atoms with van der Waals surface area (Å²) in [6.45, 7) is 0. The number of nitrogens with two attached hydrogens (primary N) is 1. The first-order valence-electron chi connectivity index (χ1n) is 27.5. The Labute approximate surface area is 662 Å². The van der Waals surface area contributed by atoms with E-state index in [1.165, 1.54) is 50.6 Å². The van der Waals surface area contributed by atoms with Crippen molar-refractivity contribution in [2.45, 2.75) is 26.2 Å². The second-order valence-corrected chi connectivity index (χ2v) is 30.6. The number of anilines is 1. The van der Waals surface area contributed by atoms with Crippen molar-refractivity contribution in [3.8, 4) is 33.4 Å². The summed E-state index contributed by atoms with van der Waals surface area (Å²) >= 11 is 46.4. The number of benzene rings is 10. The number of carboxylic acid groups (broad SMARTS) is 1. The van der Waals surface area contributed by atoms with Crippen molar-refractivity contribution in [2.75, 3.05) is 20.0 Å². The summed E-state index contributed by atoms with van der Waals surface area (Å²) in [5.41, 5.74) is 11.8. The van der Waals surface area contributed by atoms with E-state index in [0.717, 1.165) is 58.7 Å². The molecule has 540 valence electrons. The normalized spacial score (nSPS) is 11.0. The number of ether oxygens (including phenoxy) is 2. The number of sulfone groups is 2. The average molecular weight is 1700 g/mol. The second-order valence-electron chi connectivity index (χ2n) is 19.8. The molecule has 0 aromatic heterocycles. The van der Waals surface area contributed by atoms with Gasteiger partial charge in [-0.25, -0.2) is 61.4 Å². The topological polar surface area (TPSA) is 298 Å². The quantitative estimate of drug-likeness (QED) is 0.0194. The smallest absolute Gasteiger partial charge is 0.870 e. The van der Waals surface area contributed by atoms with E-state index >= 15 is 0 Å². The first kappa shape index (κ1) is 91.1. The summed E-state index contributed by atoms with van der Waals surface area (Å²) in [4.78, 5) is 33.1. The van der Waals surface area contributed by atoms with Gasteiger partial charge in [0.1, 0.15) is 31.9 Å². The number of carbonyl (C=O) groups is 3. The van der Waals surface area contributed by atoms with Gasteiger partial charge in [0.15, 0.2) is 37.1 Å². The molecule has 0 saturated carbocycles. The first-order valence-corrected chi connectivity index (χ1v) is 37.4. The van der Waals surface area contributed by atoms with Crippen molar-refractivity contribution in [3.05, 3.63) is 291 Å². The molecule has 0 bridgehead atoms. The second kappa shape index (κ2) is 42.3. The van der Waals surface area contributed by atoms with Crippen molar-refractivity contribution < 1.29 is 119 Å². The van der Waals surface area contributed by atoms with Gasteiger partial charge in [0, 0.05) is 36.5 Å². The largest absolute Gasteiger partial charge is 1.00 e. The Morgan fingerprint density at radius 2 is 0.777 bits per heavy atom. The number of aromatic carboxylic acids is 1. The van der Waals surface area contributed by atoms with Crippen LogP contribution in [0.25, 0.3) is 33.4 Å². The first-order chi connectivity index (χ1) is 47.4. The molecule has 0 fully saturated rings. The van der Waals surface area contributed by atoms with Crippen LogP contribution < -0.4 is 35.3 Å². The molecule has 17 nitrogen and oxygen atoms in total. The molecule has 0 saturated heterocycles. The van der Waals surface area contributed by atoms with Crippen LogP contribution in [0, 0.1) is 23.3 Å². The van der Waals surface area contributed by atoms with E-state index in [4.69, 9.17) is 123 Å². The molecular weight excluding hydrogens is 1660 g/mol. The van der Waals surface area contributed by atoms with Crippen molar-refractivity contribution in [1.82, 2.24) is 0 Å². The van der Waals surface area contributed by atoms with Crippen LogP contribution in [0.2, 0.25) is 40.2 Å². The Morgan fingerprint density at radius 1 is 0.456 bits per heavy atom. The van der Waals surface area contributed by atoms with Crippen molar-refractivity contribution in [3.63, 3.8) is 0 Å². The Kier molecular flexibility index (Phi) is 37.4. The van der Waals surface area contributed by atoms with Gasteiger partial charge < -0.3 is 30.3 Å². The van der Waals surface area contributed by atoms with E-state index in [1.54, 1.807) is 42.5 Å². The fraction of sp³-hybridized carbons (Fsp3) is 0.0597. The molecule has 10 aromatic carbocycles. The van der Waals surface area contributed by atoms with Gasteiger partial charge in [0.05, 0.1) is 74.4 Å². The van der Waals surface area contributed by atoms with Crippen LogP contribution in [0.1, 0.15) is 42.2 Å². The summed E-state index contributed by atoms with van der Waals surface area (Å²) in [5, 5.41) is 8.67. The van der Waals surface area contributed by atoms with Crippen molar-refractivity contribution in [1.29, 1.82) is 0 Å². The van der Waals surface area contributed by atoms with Gasteiger partial charge >= 0.3 is 47.5 Å². The molecule has 0 radical (unpaired) electrons. The van der Waals surface area contributed by atoms with Crippen LogP contribution in [-0.4, -0.2) is 76.7 Å². The number of esters is 2. The van der Waals surface area contributed by atoms with Crippen molar-refractivity contribution >= 4 is 179 Å². The molecule has 4 N–H and O–H groups in total. The zero-order chi connectivity index (χ0) is 75.3. The van der Waals surface area contributed by atoms with Crippen LogP contribution in [0.5, 0.6) is 0 Å². The van der Waals surface area contributed by atoms with Gasteiger partial charge in [0.25, 0.3) is 9.05 Å². The fourth-order valence-electron chi connectivity index (χ4n) is 8.50. The number of carboxylic acids is 1. The van der Waals surface area contributed by atoms with Crippen LogP contribution in [0.3, 0.4) is 0 Å². The van der Waals surface area contributed by atoms with E-state index in [1.807, 2.05) is 84.9 Å². The molecule has 10 rings (SSSR count). The molecule has 0 aliphatic heterocycles. The molecule has 10 aromatic rings. The van der Waals surface area contributed by atoms with Crippen LogP contribution in [0.4, 0.5) is 23.2 Å². The summed E-state index contributed by atoms with van der Waals surface area (Å²) in [7, 11) is -5.15. The number of hydrogen-bond donors (Lipinski definition) is 2. The molecule has 0 amide bonds. The molecule has 36 heteroatoms. The predicted octanol–water partition coefficient (Wildman–Crippen LogP) is 16.7. The van der Waals surface area contributed by atoms with Gasteiger partial charge in [-0.15, -0.1) is 0 Å². The Morgan fingerprint density at radius 3 is 1.11 bits per heavy atom. The fourth-order valence-corrected chi connectivity index (χ4v) is 14.7. The minimum Gasteiger partial charge on any atom is -0.870 e. The minimum absolute atomic E-state index is 0. The number of nitrogen functional groups attached to an aromatic ring is 1. The molecule has 0 heterocycles. The van der Waals surface area contributed by atoms with Crippen molar-refractivity contribution in [2.24, 2.45) is 0 Å². The third-order valence-corrected chi connectivity index (χ3v) is 20.1. The van der Waals surface area contributed by atoms with Gasteiger partial charge in [0.2, 0.25) is 0 Å². The Balaban J connectivity index is 0.000000344. The standard InChI is InChI=1S/C21H15Cl2FO4S.C20H13Cl2FO4S.C14H13NO2.C6H2Cl3FO2S.C6H3Cl2F.ClHO3S.Na.H2O/c1-28-21(25)17-8-7-14(13-5-3-2-4-6-13)9-15(17)12-29(26,27)19-11-16(22)10-18(23)20(19)24;21-15-9-17(22)19(23)18(10-15)28(26,27)11-14-8-13(6-7-16(14)20(24)25)12-4-2-1-3-5-12;1-17-14(16)12-8-7-11(9-13(12)15)10-5-3-2-4-6-10;7-3-1-4(8)6(10)5(2-3)13(9,11)12;7-4-1-2-6(9)5(8)3-4;1-4-5(2)3;;/h2-11H,12H2,1H3;1-10H,11H2,(H,24,25);2-9H,15H2,1H3;1-2H;1-3H;(H,2,3);;1H2/q;;;;;;+1;/p-2. The van der Waals surface area contributed by atoms with E-state index in [0.29, 0.717) is 27.4 Å². The number of methoxy groups -OCH3 is 2. The summed E-state index contributed by atoms with van der Waals surface area (Å²) in [5.74, 6) is -7.50. The number of halogens is 14. The average Bonchev–Trinajstić information content (AvgIpc) is 0.793. The Bertz CT molecular complexity index is 5040. The van der Waals surface area contributed by atoms with Gasteiger partial charge in [-0.1, -0.05) is 202 Å². The van der Waals surface area contributed by atoms with Crippen LogP contribution in [-0.2, 0) is 64.8 Å². The molecule has 1 atom stereocenters. The van der Waals surface area contributed by atoms with Gasteiger partial charge in [-0.3, -0.25) is 0 Å². The van der Waals surface area contributed by atoms with Crippen LogP contribution >= 0.6 is 115 Å². The summed E-state index contributed by atoms with van der Waals surface area (Å²) in [6.07, 6.45) is 0.